The maximum Gasteiger partial charge on any atom is 0.318 e. The van der Waals surface area contributed by atoms with E-state index in [1.807, 2.05) is 0 Å². The van der Waals surface area contributed by atoms with Gasteiger partial charge in [-0.15, -0.1) is 16.7 Å². The van der Waals surface area contributed by atoms with Crippen molar-refractivity contribution in [3.05, 3.63) is 5.89 Å². The zero-order valence-electron chi connectivity index (χ0n) is 9.82. The summed E-state index contributed by atoms with van der Waals surface area (Å²) in [4.78, 5) is 2.18. The number of anilines is 1. The number of hydrogen-bond acceptors (Lipinski definition) is 4. The monoisotopic (exact) mass is 243 g/mol. The third-order valence-corrected chi connectivity index (χ3v) is 3.56. The van der Waals surface area contributed by atoms with E-state index in [0.717, 1.165) is 19.0 Å². The highest BCUT2D eigenvalue weighted by Gasteiger charge is 2.25. The maximum absolute atomic E-state index is 5.63. The van der Waals surface area contributed by atoms with E-state index >= 15 is 0 Å². The van der Waals surface area contributed by atoms with Crippen molar-refractivity contribution in [2.75, 3.05) is 23.9 Å². The minimum atomic E-state index is 0.523. The van der Waals surface area contributed by atoms with Crippen LogP contribution in [0.5, 0.6) is 0 Å². The largest absolute Gasteiger partial charge is 0.408 e. The smallest absolute Gasteiger partial charge is 0.318 e. The summed E-state index contributed by atoms with van der Waals surface area (Å²) in [6.07, 6.45) is 1.84. The molecule has 4 nitrogen and oxygen atoms in total. The fourth-order valence-electron chi connectivity index (χ4n) is 1.99. The van der Waals surface area contributed by atoms with Gasteiger partial charge in [-0.25, -0.2) is 0 Å². The van der Waals surface area contributed by atoms with E-state index in [1.165, 1.54) is 6.42 Å². The van der Waals surface area contributed by atoms with Gasteiger partial charge < -0.3 is 9.32 Å². The van der Waals surface area contributed by atoms with Crippen LogP contribution >= 0.6 is 11.6 Å². The Morgan fingerprint density at radius 3 is 2.88 bits per heavy atom. The van der Waals surface area contributed by atoms with Crippen LogP contribution in [0.1, 0.15) is 26.2 Å². The highest BCUT2D eigenvalue weighted by Crippen LogP contribution is 2.26. The van der Waals surface area contributed by atoms with E-state index in [2.05, 4.69) is 28.9 Å². The van der Waals surface area contributed by atoms with Gasteiger partial charge in [-0.3, -0.25) is 0 Å². The fourth-order valence-corrected chi connectivity index (χ4v) is 2.15. The summed E-state index contributed by atoms with van der Waals surface area (Å²) in [6, 6.07) is 0.652. The van der Waals surface area contributed by atoms with Crippen LogP contribution < -0.4 is 4.90 Å². The van der Waals surface area contributed by atoms with Crippen molar-refractivity contribution >= 4 is 17.6 Å². The lowest BCUT2D eigenvalue weighted by molar-refractivity contribution is 0.311. The molecule has 1 fully saturated rings. The van der Waals surface area contributed by atoms with E-state index in [9.17, 15) is 0 Å². The first-order valence-electron chi connectivity index (χ1n) is 5.84. The molecule has 0 saturated carbocycles. The summed E-state index contributed by atoms with van der Waals surface area (Å²) in [5.41, 5.74) is 0. The highest BCUT2D eigenvalue weighted by molar-refractivity contribution is 6.17. The molecule has 0 amide bonds. The van der Waals surface area contributed by atoms with E-state index in [4.69, 9.17) is 16.0 Å². The predicted octanol–water partition coefficient (Wildman–Crippen LogP) is 2.33. The average molecular weight is 244 g/mol. The van der Waals surface area contributed by atoms with Gasteiger partial charge in [-0.05, 0) is 18.3 Å². The fraction of sp³-hybridized carbons (Fsp3) is 0.818. The summed E-state index contributed by atoms with van der Waals surface area (Å²) in [5, 5.41) is 8.05. The van der Waals surface area contributed by atoms with Gasteiger partial charge in [-0.1, -0.05) is 18.9 Å². The average Bonchev–Trinajstić information content (AvgIpc) is 2.71. The first-order valence-corrected chi connectivity index (χ1v) is 6.37. The molecular formula is C11H18ClN3O. The van der Waals surface area contributed by atoms with Crippen LogP contribution in [0.3, 0.4) is 0 Å². The number of halogens is 1. The topological polar surface area (TPSA) is 42.2 Å². The van der Waals surface area contributed by atoms with Crippen molar-refractivity contribution in [3.8, 4) is 0 Å². The van der Waals surface area contributed by atoms with Gasteiger partial charge in [0.1, 0.15) is 0 Å². The number of rotatable bonds is 3. The molecule has 0 aliphatic carbocycles. The van der Waals surface area contributed by atoms with Gasteiger partial charge in [0.15, 0.2) is 0 Å². The normalized spacial score (nSPS) is 26.1. The third-order valence-electron chi connectivity index (χ3n) is 3.37. The minimum absolute atomic E-state index is 0.523. The summed E-state index contributed by atoms with van der Waals surface area (Å²) in [5.74, 6) is 2.62. The number of aryl methyl sites for hydroxylation is 1. The molecule has 0 N–H and O–H groups in total. The quantitative estimate of drug-likeness (QED) is 0.765. The summed E-state index contributed by atoms with van der Waals surface area (Å²) < 4.78 is 5.57. The van der Waals surface area contributed by atoms with E-state index in [0.29, 0.717) is 30.1 Å². The van der Waals surface area contributed by atoms with Crippen LogP contribution in [0.4, 0.5) is 6.01 Å². The molecule has 1 aliphatic heterocycles. The SMILES string of the molecule is CC1CCN(c2nnc(CCCl)o2)CC1C. The standard InChI is InChI=1S/C11H18ClN3O/c1-8-4-6-15(7-9(8)2)11-14-13-10(16-11)3-5-12/h8-9H,3-7H2,1-2H3. The van der Waals surface area contributed by atoms with E-state index in [1.54, 1.807) is 0 Å². The summed E-state index contributed by atoms with van der Waals surface area (Å²) in [7, 11) is 0. The summed E-state index contributed by atoms with van der Waals surface area (Å²) in [6.45, 7) is 6.58. The van der Waals surface area contributed by atoms with Crippen LogP contribution in [0.2, 0.25) is 0 Å². The van der Waals surface area contributed by atoms with Gasteiger partial charge >= 0.3 is 6.01 Å². The zero-order valence-corrected chi connectivity index (χ0v) is 10.6. The van der Waals surface area contributed by atoms with Crippen molar-refractivity contribution in [3.63, 3.8) is 0 Å². The Balaban J connectivity index is 2.01. The Labute approximate surface area is 101 Å². The van der Waals surface area contributed by atoms with Gasteiger partial charge in [0.05, 0.1) is 0 Å². The second-order valence-electron chi connectivity index (χ2n) is 4.61. The molecule has 0 radical (unpaired) electrons. The van der Waals surface area contributed by atoms with Crippen molar-refractivity contribution in [1.82, 2.24) is 10.2 Å². The van der Waals surface area contributed by atoms with Crippen LogP contribution in [-0.2, 0) is 6.42 Å². The highest BCUT2D eigenvalue weighted by atomic mass is 35.5. The molecule has 0 bridgehead atoms. The molecule has 2 heterocycles. The second kappa shape index (κ2) is 5.04. The van der Waals surface area contributed by atoms with E-state index in [-0.39, 0.29) is 0 Å². The molecule has 1 aromatic rings. The molecule has 1 aliphatic rings. The lowest BCUT2D eigenvalue weighted by Crippen LogP contribution is -2.38. The van der Waals surface area contributed by atoms with E-state index < -0.39 is 0 Å². The number of alkyl halides is 1. The lowest BCUT2D eigenvalue weighted by atomic mass is 9.89. The van der Waals surface area contributed by atoms with Gasteiger partial charge in [0.2, 0.25) is 5.89 Å². The third kappa shape index (κ3) is 2.48. The molecule has 2 atom stereocenters. The Hall–Kier alpha value is -0.770. The molecule has 1 saturated heterocycles. The molecule has 2 unspecified atom stereocenters. The Kier molecular flexibility index (Phi) is 3.69. The molecule has 1 aromatic heterocycles. The number of hydrogen-bond donors (Lipinski definition) is 0. The number of nitrogens with zero attached hydrogens (tertiary/aromatic N) is 3. The summed E-state index contributed by atoms with van der Waals surface area (Å²) >= 11 is 5.63. The van der Waals surface area contributed by atoms with Crippen molar-refractivity contribution in [2.24, 2.45) is 11.8 Å². The second-order valence-corrected chi connectivity index (χ2v) is 4.98. The van der Waals surface area contributed by atoms with Crippen molar-refractivity contribution in [2.45, 2.75) is 26.7 Å². The number of piperidine rings is 1. The first kappa shape index (κ1) is 11.7. The van der Waals surface area contributed by atoms with Gasteiger partial charge in [0.25, 0.3) is 0 Å². The molecule has 0 aromatic carbocycles. The van der Waals surface area contributed by atoms with Crippen LogP contribution in [0.25, 0.3) is 0 Å². The molecule has 0 spiro atoms. The van der Waals surface area contributed by atoms with Crippen LogP contribution in [0.15, 0.2) is 4.42 Å². The zero-order chi connectivity index (χ0) is 11.5. The van der Waals surface area contributed by atoms with Crippen LogP contribution in [0, 0.1) is 11.8 Å². The molecule has 2 rings (SSSR count). The molecule has 90 valence electrons. The first-order chi connectivity index (χ1) is 7.70. The van der Waals surface area contributed by atoms with Gasteiger partial charge in [0, 0.05) is 25.4 Å². The van der Waals surface area contributed by atoms with Crippen molar-refractivity contribution < 1.29 is 4.42 Å². The Bertz CT molecular complexity index is 342. The van der Waals surface area contributed by atoms with Crippen LogP contribution in [-0.4, -0.2) is 29.2 Å². The Morgan fingerprint density at radius 1 is 1.38 bits per heavy atom. The minimum Gasteiger partial charge on any atom is -0.408 e. The predicted molar refractivity (Wildman–Crippen MR) is 63.9 cm³/mol. The van der Waals surface area contributed by atoms with Gasteiger partial charge in [-0.2, -0.15) is 0 Å². The molecular weight excluding hydrogens is 226 g/mol. The lowest BCUT2D eigenvalue weighted by Gasteiger charge is -2.33. The number of aromatic nitrogens is 2. The molecule has 5 heteroatoms. The van der Waals surface area contributed by atoms with Crippen molar-refractivity contribution in [1.29, 1.82) is 0 Å². The maximum atomic E-state index is 5.63. The molecule has 16 heavy (non-hydrogen) atoms. The Morgan fingerprint density at radius 2 is 2.19 bits per heavy atom.